The zero-order chi connectivity index (χ0) is 14.4. The molecule has 0 aliphatic heterocycles. The molecule has 3 N–H and O–H groups in total. The van der Waals surface area contributed by atoms with Gasteiger partial charge in [0.25, 0.3) is 0 Å². The second-order valence-corrected chi connectivity index (χ2v) is 5.45. The van der Waals surface area contributed by atoms with E-state index in [-0.39, 0.29) is 17.9 Å². The molecule has 1 amide bonds. The van der Waals surface area contributed by atoms with E-state index in [0.717, 1.165) is 12.8 Å². The van der Waals surface area contributed by atoms with Crippen molar-refractivity contribution in [3.05, 3.63) is 35.4 Å². The summed E-state index contributed by atoms with van der Waals surface area (Å²) < 4.78 is 0. The molecule has 3 heteroatoms. The number of hydrogen-bond acceptors (Lipinski definition) is 2. The fraction of sp³-hybridized carbons (Fsp3) is 0.562. The van der Waals surface area contributed by atoms with E-state index in [1.165, 1.54) is 11.1 Å². The molecule has 0 fully saturated rings. The summed E-state index contributed by atoms with van der Waals surface area (Å²) in [7, 11) is 0. The third-order valence-corrected chi connectivity index (χ3v) is 3.74. The summed E-state index contributed by atoms with van der Waals surface area (Å²) in [5.41, 5.74) is 8.46. The average molecular weight is 262 g/mol. The number of nitrogens with one attached hydrogen (secondary N) is 1. The SMILES string of the molecule is CCC(C)[C@H](N)C(=O)NC(C)Cc1ccccc1C. The van der Waals surface area contributed by atoms with Gasteiger partial charge in [-0.05, 0) is 37.3 Å². The van der Waals surface area contributed by atoms with E-state index < -0.39 is 6.04 Å². The van der Waals surface area contributed by atoms with Gasteiger partial charge in [0.2, 0.25) is 5.91 Å². The molecule has 0 aliphatic rings. The molecule has 106 valence electrons. The lowest BCUT2D eigenvalue weighted by atomic mass is 9.98. The Morgan fingerprint density at radius 3 is 2.53 bits per heavy atom. The molecule has 3 nitrogen and oxygen atoms in total. The molecule has 0 aliphatic carbocycles. The van der Waals surface area contributed by atoms with E-state index >= 15 is 0 Å². The predicted octanol–water partition coefficient (Wildman–Crippen LogP) is 2.42. The average Bonchev–Trinajstić information content (AvgIpc) is 2.39. The standard InChI is InChI=1S/C16H26N2O/c1-5-11(2)15(17)16(19)18-13(4)10-14-9-7-6-8-12(14)3/h6-9,11,13,15H,5,10,17H2,1-4H3,(H,18,19)/t11?,13?,15-/m0/s1. The maximum absolute atomic E-state index is 12.0. The summed E-state index contributed by atoms with van der Waals surface area (Å²) in [5.74, 6) is 0.168. The Kier molecular flexibility index (Phi) is 6.03. The molecule has 1 rings (SSSR count). The van der Waals surface area contributed by atoms with Crippen molar-refractivity contribution in [2.75, 3.05) is 0 Å². The summed E-state index contributed by atoms with van der Waals surface area (Å²) in [6, 6.07) is 7.94. The molecule has 1 aromatic carbocycles. The Labute approximate surface area is 116 Å². The maximum Gasteiger partial charge on any atom is 0.237 e. The minimum Gasteiger partial charge on any atom is -0.352 e. The molecule has 19 heavy (non-hydrogen) atoms. The normalized spacial score (nSPS) is 15.6. The first-order valence-corrected chi connectivity index (χ1v) is 7.06. The van der Waals surface area contributed by atoms with E-state index in [1.807, 2.05) is 26.0 Å². The smallest absolute Gasteiger partial charge is 0.237 e. The lowest BCUT2D eigenvalue weighted by Gasteiger charge is -2.21. The van der Waals surface area contributed by atoms with Gasteiger partial charge in [-0.15, -0.1) is 0 Å². The van der Waals surface area contributed by atoms with Gasteiger partial charge in [-0.1, -0.05) is 44.5 Å². The van der Waals surface area contributed by atoms with Crippen LogP contribution in [-0.4, -0.2) is 18.0 Å². The number of benzene rings is 1. The van der Waals surface area contributed by atoms with Crippen LogP contribution in [0.5, 0.6) is 0 Å². The molecule has 0 spiro atoms. The molecule has 3 atom stereocenters. The Morgan fingerprint density at radius 2 is 1.95 bits per heavy atom. The molecule has 0 heterocycles. The van der Waals surface area contributed by atoms with Crippen LogP contribution in [0.3, 0.4) is 0 Å². The van der Waals surface area contributed by atoms with E-state index in [4.69, 9.17) is 5.73 Å². The molecule has 2 unspecified atom stereocenters. The summed E-state index contributed by atoms with van der Waals surface area (Å²) in [6.45, 7) is 8.17. The first-order chi connectivity index (χ1) is 8.95. The number of hydrogen-bond donors (Lipinski definition) is 2. The van der Waals surface area contributed by atoms with E-state index in [0.29, 0.717) is 0 Å². The van der Waals surface area contributed by atoms with Gasteiger partial charge in [-0.25, -0.2) is 0 Å². The summed E-state index contributed by atoms with van der Waals surface area (Å²) in [5, 5.41) is 3.01. The van der Waals surface area contributed by atoms with Crippen LogP contribution < -0.4 is 11.1 Å². The quantitative estimate of drug-likeness (QED) is 0.827. The third kappa shape index (κ3) is 4.67. The van der Waals surface area contributed by atoms with Crippen molar-refractivity contribution in [3.8, 4) is 0 Å². The lowest BCUT2D eigenvalue weighted by molar-refractivity contribution is -0.124. The largest absolute Gasteiger partial charge is 0.352 e. The maximum atomic E-state index is 12.0. The molecule has 0 saturated carbocycles. The summed E-state index contributed by atoms with van der Waals surface area (Å²) >= 11 is 0. The zero-order valence-corrected chi connectivity index (χ0v) is 12.4. The van der Waals surface area contributed by atoms with Crippen molar-refractivity contribution < 1.29 is 4.79 Å². The van der Waals surface area contributed by atoms with Crippen molar-refractivity contribution in [3.63, 3.8) is 0 Å². The van der Waals surface area contributed by atoms with Gasteiger partial charge >= 0.3 is 0 Å². The van der Waals surface area contributed by atoms with Crippen LogP contribution >= 0.6 is 0 Å². The highest BCUT2D eigenvalue weighted by molar-refractivity contribution is 5.82. The van der Waals surface area contributed by atoms with Gasteiger partial charge in [0.1, 0.15) is 0 Å². The highest BCUT2D eigenvalue weighted by Gasteiger charge is 2.20. The van der Waals surface area contributed by atoms with Crippen LogP contribution in [0.2, 0.25) is 0 Å². The van der Waals surface area contributed by atoms with Gasteiger partial charge < -0.3 is 11.1 Å². The first-order valence-electron chi connectivity index (χ1n) is 7.06. The monoisotopic (exact) mass is 262 g/mol. The van der Waals surface area contributed by atoms with Crippen molar-refractivity contribution in [1.29, 1.82) is 0 Å². The second-order valence-electron chi connectivity index (χ2n) is 5.45. The topological polar surface area (TPSA) is 55.1 Å². The molecule has 1 aromatic rings. The molecular weight excluding hydrogens is 236 g/mol. The minimum atomic E-state index is -0.413. The van der Waals surface area contributed by atoms with Gasteiger partial charge in [0, 0.05) is 6.04 Å². The number of nitrogens with two attached hydrogens (primary N) is 1. The van der Waals surface area contributed by atoms with Crippen molar-refractivity contribution in [2.24, 2.45) is 11.7 Å². The molecule has 0 bridgehead atoms. The number of amides is 1. The van der Waals surface area contributed by atoms with Crippen LogP contribution in [0.15, 0.2) is 24.3 Å². The van der Waals surface area contributed by atoms with E-state index in [1.54, 1.807) is 0 Å². The molecule has 0 saturated heterocycles. The van der Waals surface area contributed by atoms with Crippen molar-refractivity contribution in [1.82, 2.24) is 5.32 Å². The summed E-state index contributed by atoms with van der Waals surface area (Å²) in [6.07, 6.45) is 1.76. The molecule has 0 radical (unpaired) electrons. The Balaban J connectivity index is 2.54. The fourth-order valence-corrected chi connectivity index (χ4v) is 2.07. The van der Waals surface area contributed by atoms with Gasteiger partial charge in [-0.3, -0.25) is 4.79 Å². The number of rotatable bonds is 6. The molecular formula is C16H26N2O. The third-order valence-electron chi connectivity index (χ3n) is 3.74. The second kappa shape index (κ2) is 7.29. The fourth-order valence-electron chi connectivity index (χ4n) is 2.07. The van der Waals surface area contributed by atoms with E-state index in [9.17, 15) is 4.79 Å². The highest BCUT2D eigenvalue weighted by atomic mass is 16.2. The van der Waals surface area contributed by atoms with Gasteiger partial charge in [-0.2, -0.15) is 0 Å². The van der Waals surface area contributed by atoms with E-state index in [2.05, 4.69) is 31.3 Å². The van der Waals surface area contributed by atoms with Crippen molar-refractivity contribution in [2.45, 2.75) is 52.6 Å². The Bertz CT molecular complexity index is 417. The molecule has 0 aromatic heterocycles. The number of carbonyl (C=O) groups excluding carboxylic acids is 1. The van der Waals surface area contributed by atoms with Crippen LogP contribution in [0.4, 0.5) is 0 Å². The first kappa shape index (κ1) is 15.7. The van der Waals surface area contributed by atoms with Crippen LogP contribution in [0.1, 0.15) is 38.3 Å². The summed E-state index contributed by atoms with van der Waals surface area (Å²) in [4.78, 5) is 12.0. The predicted molar refractivity (Wildman–Crippen MR) is 79.9 cm³/mol. The van der Waals surface area contributed by atoms with Crippen LogP contribution in [0, 0.1) is 12.8 Å². The number of aryl methyl sites for hydroxylation is 1. The zero-order valence-electron chi connectivity index (χ0n) is 12.4. The minimum absolute atomic E-state index is 0.0459. The van der Waals surface area contributed by atoms with Gasteiger partial charge in [0.15, 0.2) is 0 Å². The van der Waals surface area contributed by atoms with Gasteiger partial charge in [0.05, 0.1) is 6.04 Å². The Hall–Kier alpha value is -1.35. The van der Waals surface area contributed by atoms with Crippen LogP contribution in [-0.2, 0) is 11.2 Å². The number of carbonyl (C=O) groups is 1. The highest BCUT2D eigenvalue weighted by Crippen LogP contribution is 2.10. The lowest BCUT2D eigenvalue weighted by Crippen LogP contribution is -2.48. The van der Waals surface area contributed by atoms with Crippen molar-refractivity contribution >= 4 is 5.91 Å². The Morgan fingerprint density at radius 1 is 1.32 bits per heavy atom. The van der Waals surface area contributed by atoms with Crippen LogP contribution in [0.25, 0.3) is 0 Å².